The fourth-order valence-corrected chi connectivity index (χ4v) is 4.42. The van der Waals surface area contributed by atoms with Crippen molar-refractivity contribution < 1.29 is 12.8 Å². The van der Waals surface area contributed by atoms with E-state index in [9.17, 15) is 12.8 Å². The zero-order chi connectivity index (χ0) is 14.8. The summed E-state index contributed by atoms with van der Waals surface area (Å²) in [4.78, 5) is 1.15. The smallest absolute Gasteiger partial charge is 0.207 e. The third kappa shape index (κ3) is 3.08. The van der Waals surface area contributed by atoms with Crippen molar-refractivity contribution in [2.24, 2.45) is 0 Å². The molecule has 0 spiro atoms. The molecule has 0 N–H and O–H groups in total. The molecule has 0 saturated heterocycles. The Kier molecular flexibility index (Phi) is 4.57. The summed E-state index contributed by atoms with van der Waals surface area (Å²) in [6.07, 6.45) is 0. The van der Waals surface area contributed by atoms with Crippen LogP contribution in [0.5, 0.6) is 0 Å². The van der Waals surface area contributed by atoms with Crippen molar-refractivity contribution in [2.75, 3.05) is 6.54 Å². The highest BCUT2D eigenvalue weighted by Gasteiger charge is 2.25. The molecular formula is C14H16FNO2S2. The molecule has 0 aliphatic carbocycles. The highest BCUT2D eigenvalue weighted by molar-refractivity contribution is 7.89. The van der Waals surface area contributed by atoms with Crippen LogP contribution in [0, 0.1) is 12.7 Å². The zero-order valence-electron chi connectivity index (χ0n) is 11.3. The van der Waals surface area contributed by atoms with Gasteiger partial charge in [-0.3, -0.25) is 0 Å². The van der Waals surface area contributed by atoms with Crippen molar-refractivity contribution in [3.05, 3.63) is 52.0 Å². The first-order valence-electron chi connectivity index (χ1n) is 6.24. The standard InChI is InChI=1S/C14H16FNO2S2/c1-3-16(10-13-5-4-8-19-13)20(17,18)14-7-6-12(15)9-11(14)2/h4-9H,3,10H2,1-2H3. The van der Waals surface area contributed by atoms with Crippen molar-refractivity contribution in [2.45, 2.75) is 25.3 Å². The Hall–Kier alpha value is -1.24. The average Bonchev–Trinajstić information content (AvgIpc) is 2.88. The van der Waals surface area contributed by atoms with Gasteiger partial charge in [-0.15, -0.1) is 11.3 Å². The van der Waals surface area contributed by atoms with Gasteiger partial charge >= 0.3 is 0 Å². The highest BCUT2D eigenvalue weighted by Crippen LogP contribution is 2.23. The number of sulfonamides is 1. The summed E-state index contributed by atoms with van der Waals surface area (Å²) >= 11 is 1.52. The molecule has 0 bridgehead atoms. The summed E-state index contributed by atoms with van der Waals surface area (Å²) in [5.74, 6) is -0.428. The molecule has 0 saturated carbocycles. The first kappa shape index (κ1) is 15.2. The number of benzene rings is 1. The molecule has 20 heavy (non-hydrogen) atoms. The Morgan fingerprint density at radius 3 is 2.60 bits per heavy atom. The topological polar surface area (TPSA) is 37.4 Å². The second-order valence-electron chi connectivity index (χ2n) is 4.42. The van der Waals surface area contributed by atoms with E-state index in [2.05, 4.69) is 0 Å². The van der Waals surface area contributed by atoms with Crippen molar-refractivity contribution in [1.82, 2.24) is 4.31 Å². The van der Waals surface area contributed by atoms with Crippen molar-refractivity contribution in [1.29, 1.82) is 0 Å². The minimum atomic E-state index is -3.60. The Morgan fingerprint density at radius 2 is 2.05 bits per heavy atom. The normalized spacial score (nSPS) is 12.0. The number of hydrogen-bond donors (Lipinski definition) is 0. The molecule has 2 aromatic rings. The Labute approximate surface area is 122 Å². The molecule has 0 radical (unpaired) electrons. The van der Waals surface area contributed by atoms with Gasteiger partial charge in [-0.2, -0.15) is 4.31 Å². The number of nitrogens with zero attached hydrogens (tertiary/aromatic N) is 1. The molecule has 1 heterocycles. The molecule has 0 unspecified atom stereocenters. The summed E-state index contributed by atoms with van der Waals surface area (Å²) in [6, 6.07) is 7.55. The zero-order valence-corrected chi connectivity index (χ0v) is 13.0. The predicted molar refractivity (Wildman–Crippen MR) is 78.7 cm³/mol. The molecule has 0 amide bonds. The quantitative estimate of drug-likeness (QED) is 0.848. The van der Waals surface area contributed by atoms with Crippen LogP contribution in [-0.2, 0) is 16.6 Å². The lowest BCUT2D eigenvalue weighted by Gasteiger charge is -2.21. The summed E-state index contributed by atoms with van der Waals surface area (Å²) in [6.45, 7) is 4.11. The van der Waals surface area contributed by atoms with Gasteiger partial charge in [0.1, 0.15) is 5.82 Å². The summed E-state index contributed by atoms with van der Waals surface area (Å²) in [5, 5.41) is 1.92. The van der Waals surface area contributed by atoms with Crippen LogP contribution in [0.2, 0.25) is 0 Å². The van der Waals surface area contributed by atoms with Crippen molar-refractivity contribution in [3.63, 3.8) is 0 Å². The SMILES string of the molecule is CCN(Cc1cccs1)S(=O)(=O)c1ccc(F)cc1C. The molecule has 108 valence electrons. The van der Waals surface area contributed by atoms with E-state index in [1.807, 2.05) is 17.5 Å². The van der Waals surface area contributed by atoms with Gasteiger partial charge in [0.25, 0.3) is 0 Å². The van der Waals surface area contributed by atoms with Crippen molar-refractivity contribution in [3.8, 4) is 0 Å². The molecule has 0 atom stereocenters. The van der Waals surface area contributed by atoms with Gasteiger partial charge in [-0.05, 0) is 42.1 Å². The van der Waals surface area contributed by atoms with Crippen LogP contribution in [0.3, 0.4) is 0 Å². The lowest BCUT2D eigenvalue weighted by atomic mass is 10.2. The maximum absolute atomic E-state index is 13.1. The first-order chi connectivity index (χ1) is 9.45. The molecular weight excluding hydrogens is 297 g/mol. The summed E-state index contributed by atoms with van der Waals surface area (Å²) in [5.41, 5.74) is 0.426. The molecule has 3 nitrogen and oxygen atoms in total. The van der Waals surface area contributed by atoms with E-state index in [1.54, 1.807) is 13.8 Å². The van der Waals surface area contributed by atoms with E-state index in [4.69, 9.17) is 0 Å². The van der Waals surface area contributed by atoms with Gasteiger partial charge in [0.2, 0.25) is 10.0 Å². The van der Waals surface area contributed by atoms with E-state index >= 15 is 0 Å². The monoisotopic (exact) mass is 313 g/mol. The molecule has 1 aromatic carbocycles. The highest BCUT2D eigenvalue weighted by atomic mass is 32.2. The van der Waals surface area contributed by atoms with Gasteiger partial charge < -0.3 is 0 Å². The predicted octanol–water partition coefficient (Wildman–Crippen LogP) is 3.41. The largest absolute Gasteiger partial charge is 0.243 e. The second kappa shape index (κ2) is 6.03. The number of hydrogen-bond acceptors (Lipinski definition) is 3. The van der Waals surface area contributed by atoms with Crippen LogP contribution in [0.25, 0.3) is 0 Å². The average molecular weight is 313 g/mol. The fourth-order valence-electron chi connectivity index (χ4n) is 1.98. The van der Waals surface area contributed by atoms with E-state index in [0.717, 1.165) is 4.88 Å². The van der Waals surface area contributed by atoms with E-state index in [-0.39, 0.29) is 4.90 Å². The van der Waals surface area contributed by atoms with Crippen LogP contribution in [0.1, 0.15) is 17.4 Å². The van der Waals surface area contributed by atoms with Crippen LogP contribution in [0.4, 0.5) is 4.39 Å². The van der Waals surface area contributed by atoms with Crippen LogP contribution in [0.15, 0.2) is 40.6 Å². The van der Waals surface area contributed by atoms with Gasteiger partial charge in [0, 0.05) is 18.0 Å². The van der Waals surface area contributed by atoms with Crippen molar-refractivity contribution >= 4 is 21.4 Å². The third-order valence-electron chi connectivity index (χ3n) is 3.02. The third-order valence-corrected chi connectivity index (χ3v) is 5.96. The minimum Gasteiger partial charge on any atom is -0.207 e. The van der Waals surface area contributed by atoms with E-state index in [0.29, 0.717) is 18.7 Å². The Bertz CT molecular complexity index is 681. The maximum Gasteiger partial charge on any atom is 0.243 e. The molecule has 0 aliphatic heterocycles. The number of halogens is 1. The van der Waals surface area contributed by atoms with Gasteiger partial charge in [-0.1, -0.05) is 13.0 Å². The van der Waals surface area contributed by atoms with E-state index in [1.165, 1.54) is 33.8 Å². The molecule has 6 heteroatoms. The molecule has 0 fully saturated rings. The first-order valence-corrected chi connectivity index (χ1v) is 8.56. The van der Waals surface area contributed by atoms with E-state index < -0.39 is 15.8 Å². The lowest BCUT2D eigenvalue weighted by Crippen LogP contribution is -2.30. The van der Waals surface area contributed by atoms with Gasteiger partial charge in [0.05, 0.1) is 4.90 Å². The number of thiophene rings is 1. The Morgan fingerprint density at radius 1 is 1.30 bits per heavy atom. The molecule has 1 aromatic heterocycles. The Balaban J connectivity index is 2.36. The number of rotatable bonds is 5. The van der Waals surface area contributed by atoms with Crippen LogP contribution in [-0.4, -0.2) is 19.3 Å². The summed E-state index contributed by atoms with van der Waals surface area (Å²) < 4.78 is 39.8. The maximum atomic E-state index is 13.1. The van der Waals surface area contributed by atoms with Gasteiger partial charge in [0.15, 0.2) is 0 Å². The minimum absolute atomic E-state index is 0.164. The second-order valence-corrected chi connectivity index (χ2v) is 7.36. The molecule has 0 aliphatic rings. The van der Waals surface area contributed by atoms with Gasteiger partial charge in [-0.25, -0.2) is 12.8 Å². The fraction of sp³-hybridized carbons (Fsp3) is 0.286. The van der Waals surface area contributed by atoms with Crippen LogP contribution < -0.4 is 0 Å². The number of aryl methyl sites for hydroxylation is 1. The molecule has 2 rings (SSSR count). The summed E-state index contributed by atoms with van der Waals surface area (Å²) in [7, 11) is -3.60. The lowest BCUT2D eigenvalue weighted by molar-refractivity contribution is 0.426. The van der Waals surface area contributed by atoms with Crippen LogP contribution >= 0.6 is 11.3 Å².